The summed E-state index contributed by atoms with van der Waals surface area (Å²) in [5.74, 6) is 0.492. The van der Waals surface area contributed by atoms with Gasteiger partial charge in [0.05, 0.1) is 16.4 Å². The number of amides is 1. The number of hydrogen-bond acceptors (Lipinski definition) is 5. The van der Waals surface area contributed by atoms with Gasteiger partial charge in [-0.25, -0.2) is 9.97 Å². The lowest BCUT2D eigenvalue weighted by Crippen LogP contribution is -2.36. The van der Waals surface area contributed by atoms with E-state index in [1.54, 1.807) is 6.26 Å². The van der Waals surface area contributed by atoms with Crippen LogP contribution in [0.2, 0.25) is 0 Å². The number of oxazole rings is 1. The normalized spacial score (nSPS) is 11.5. The predicted octanol–water partition coefficient (Wildman–Crippen LogP) is 4.12. The molecule has 6 heteroatoms. The Morgan fingerprint density at radius 3 is 2.56 bits per heavy atom. The van der Waals surface area contributed by atoms with Gasteiger partial charge in [0, 0.05) is 17.5 Å². The SMILES string of the molecule is Cc1nc(C)c(C(=O)NCC(C)(C)c2coc(-c3ccccc3)n2)s1. The smallest absolute Gasteiger partial charge is 0.263 e. The molecule has 0 aliphatic rings. The van der Waals surface area contributed by atoms with Crippen molar-refractivity contribution in [2.24, 2.45) is 0 Å². The van der Waals surface area contributed by atoms with Crippen LogP contribution in [0, 0.1) is 13.8 Å². The van der Waals surface area contributed by atoms with Crippen molar-refractivity contribution in [2.75, 3.05) is 6.54 Å². The Bertz CT molecular complexity index is 881. The third kappa shape index (κ3) is 3.79. The first kappa shape index (κ1) is 17.4. The van der Waals surface area contributed by atoms with Gasteiger partial charge in [-0.1, -0.05) is 32.0 Å². The maximum atomic E-state index is 12.4. The number of aromatic nitrogens is 2. The van der Waals surface area contributed by atoms with Crippen molar-refractivity contribution in [3.63, 3.8) is 0 Å². The summed E-state index contributed by atoms with van der Waals surface area (Å²) in [7, 11) is 0. The maximum absolute atomic E-state index is 12.4. The molecule has 0 atom stereocenters. The van der Waals surface area contributed by atoms with E-state index in [1.807, 2.05) is 58.0 Å². The van der Waals surface area contributed by atoms with Crippen LogP contribution < -0.4 is 5.32 Å². The van der Waals surface area contributed by atoms with Crippen LogP contribution in [0.15, 0.2) is 41.0 Å². The molecule has 130 valence electrons. The molecule has 25 heavy (non-hydrogen) atoms. The molecule has 0 fully saturated rings. The number of aryl methyl sites for hydroxylation is 2. The number of hydrogen-bond donors (Lipinski definition) is 1. The molecule has 1 amide bonds. The van der Waals surface area contributed by atoms with Gasteiger partial charge in [0.15, 0.2) is 0 Å². The van der Waals surface area contributed by atoms with Gasteiger partial charge in [0.25, 0.3) is 5.91 Å². The Labute approximate surface area is 151 Å². The first-order valence-corrected chi connectivity index (χ1v) is 8.92. The fourth-order valence-electron chi connectivity index (χ4n) is 2.51. The predicted molar refractivity (Wildman–Crippen MR) is 98.9 cm³/mol. The van der Waals surface area contributed by atoms with Gasteiger partial charge in [-0.3, -0.25) is 4.79 Å². The highest BCUT2D eigenvalue weighted by molar-refractivity contribution is 7.13. The summed E-state index contributed by atoms with van der Waals surface area (Å²) in [4.78, 5) is 22.0. The Balaban J connectivity index is 1.71. The summed E-state index contributed by atoms with van der Waals surface area (Å²) in [5, 5.41) is 3.89. The summed E-state index contributed by atoms with van der Waals surface area (Å²) < 4.78 is 5.62. The van der Waals surface area contributed by atoms with Crippen LogP contribution in [0.5, 0.6) is 0 Å². The van der Waals surface area contributed by atoms with Crippen molar-refractivity contribution in [3.8, 4) is 11.5 Å². The van der Waals surface area contributed by atoms with Gasteiger partial charge in [-0.05, 0) is 26.0 Å². The second kappa shape index (κ2) is 6.80. The monoisotopic (exact) mass is 355 g/mol. The Morgan fingerprint density at radius 2 is 1.92 bits per heavy atom. The van der Waals surface area contributed by atoms with Gasteiger partial charge in [0.1, 0.15) is 11.1 Å². The van der Waals surface area contributed by atoms with Crippen LogP contribution >= 0.6 is 11.3 Å². The lowest BCUT2D eigenvalue weighted by atomic mass is 9.90. The minimum Gasteiger partial charge on any atom is -0.444 e. The largest absolute Gasteiger partial charge is 0.444 e. The molecule has 0 aliphatic heterocycles. The van der Waals surface area contributed by atoms with Gasteiger partial charge < -0.3 is 9.73 Å². The van der Waals surface area contributed by atoms with E-state index in [0.717, 1.165) is 22.0 Å². The molecule has 0 aliphatic carbocycles. The highest BCUT2D eigenvalue weighted by Crippen LogP contribution is 2.26. The van der Waals surface area contributed by atoms with E-state index in [4.69, 9.17) is 4.42 Å². The topological polar surface area (TPSA) is 68.0 Å². The number of carbonyl (C=O) groups excluding carboxylic acids is 1. The van der Waals surface area contributed by atoms with E-state index in [9.17, 15) is 4.79 Å². The van der Waals surface area contributed by atoms with Gasteiger partial charge in [-0.2, -0.15) is 0 Å². The minimum absolute atomic E-state index is 0.0945. The van der Waals surface area contributed by atoms with Gasteiger partial charge >= 0.3 is 0 Å². The molecule has 3 rings (SSSR count). The third-order valence-corrected chi connectivity index (χ3v) is 5.09. The van der Waals surface area contributed by atoms with Crippen molar-refractivity contribution < 1.29 is 9.21 Å². The average Bonchev–Trinajstić information content (AvgIpc) is 3.21. The molecule has 2 heterocycles. The second-order valence-electron chi connectivity index (χ2n) is 6.62. The second-order valence-corrected chi connectivity index (χ2v) is 7.82. The molecule has 0 spiro atoms. The molecule has 0 bridgehead atoms. The van der Waals surface area contributed by atoms with Crippen molar-refractivity contribution in [3.05, 3.63) is 57.9 Å². The quantitative estimate of drug-likeness (QED) is 0.747. The van der Waals surface area contributed by atoms with Crippen molar-refractivity contribution in [2.45, 2.75) is 33.1 Å². The van der Waals surface area contributed by atoms with Crippen LogP contribution in [0.1, 0.15) is 39.9 Å². The van der Waals surface area contributed by atoms with E-state index < -0.39 is 0 Å². The summed E-state index contributed by atoms with van der Waals surface area (Å²) in [6.45, 7) is 8.28. The fraction of sp³-hybridized carbons (Fsp3) is 0.316. The Hall–Kier alpha value is -2.47. The molecule has 0 radical (unpaired) electrons. The van der Waals surface area contributed by atoms with Crippen LogP contribution in [0.4, 0.5) is 0 Å². The van der Waals surface area contributed by atoms with Gasteiger partial charge in [-0.15, -0.1) is 11.3 Å². The molecule has 5 nitrogen and oxygen atoms in total. The number of nitrogens with one attached hydrogen (secondary N) is 1. The van der Waals surface area contributed by atoms with Crippen molar-refractivity contribution >= 4 is 17.2 Å². The maximum Gasteiger partial charge on any atom is 0.263 e. The van der Waals surface area contributed by atoms with E-state index >= 15 is 0 Å². The summed E-state index contributed by atoms with van der Waals surface area (Å²) in [6, 6.07) is 9.77. The average molecular weight is 355 g/mol. The van der Waals surface area contributed by atoms with Crippen LogP contribution in [-0.4, -0.2) is 22.4 Å². The standard InChI is InChI=1S/C19H21N3O2S/c1-12-16(25-13(2)21-12)17(23)20-11-19(3,4)15-10-24-18(22-15)14-8-6-5-7-9-14/h5-10H,11H2,1-4H3,(H,20,23). The lowest BCUT2D eigenvalue weighted by Gasteiger charge is -2.22. The summed E-state index contributed by atoms with van der Waals surface area (Å²) >= 11 is 1.41. The lowest BCUT2D eigenvalue weighted by molar-refractivity contribution is 0.0948. The van der Waals surface area contributed by atoms with E-state index in [0.29, 0.717) is 17.3 Å². The zero-order valence-corrected chi connectivity index (χ0v) is 15.6. The number of benzene rings is 1. The van der Waals surface area contributed by atoms with Crippen molar-refractivity contribution in [1.29, 1.82) is 0 Å². The number of carbonyl (C=O) groups is 1. The molecule has 1 aromatic carbocycles. The summed E-state index contributed by atoms with van der Waals surface area (Å²) in [5.41, 5.74) is 2.17. The molecule has 0 saturated carbocycles. The zero-order chi connectivity index (χ0) is 18.0. The molecule has 3 aromatic rings. The molecule has 2 aromatic heterocycles. The molecule has 1 N–H and O–H groups in total. The van der Waals surface area contributed by atoms with Crippen LogP contribution in [-0.2, 0) is 5.41 Å². The molecular formula is C19H21N3O2S. The highest BCUT2D eigenvalue weighted by atomic mass is 32.1. The zero-order valence-electron chi connectivity index (χ0n) is 14.8. The first-order valence-electron chi connectivity index (χ1n) is 8.10. The first-order chi connectivity index (χ1) is 11.9. The number of thiazole rings is 1. The minimum atomic E-state index is -0.347. The third-order valence-electron chi connectivity index (χ3n) is 4.02. The van der Waals surface area contributed by atoms with Gasteiger partial charge in [0.2, 0.25) is 5.89 Å². The fourth-order valence-corrected chi connectivity index (χ4v) is 3.35. The van der Waals surface area contributed by atoms with E-state index in [2.05, 4.69) is 15.3 Å². The van der Waals surface area contributed by atoms with Crippen LogP contribution in [0.25, 0.3) is 11.5 Å². The molecule has 0 unspecified atom stereocenters. The molecule has 0 saturated heterocycles. The van der Waals surface area contributed by atoms with E-state index in [1.165, 1.54) is 11.3 Å². The highest BCUT2D eigenvalue weighted by Gasteiger charge is 2.26. The Morgan fingerprint density at radius 1 is 1.20 bits per heavy atom. The van der Waals surface area contributed by atoms with E-state index in [-0.39, 0.29) is 11.3 Å². The van der Waals surface area contributed by atoms with Crippen LogP contribution in [0.3, 0.4) is 0 Å². The molecular weight excluding hydrogens is 334 g/mol. The summed E-state index contributed by atoms with van der Waals surface area (Å²) in [6.07, 6.45) is 1.66. The number of nitrogens with zero attached hydrogens (tertiary/aromatic N) is 2. The van der Waals surface area contributed by atoms with Crippen molar-refractivity contribution in [1.82, 2.24) is 15.3 Å². The number of rotatable bonds is 5. The Kier molecular flexibility index (Phi) is 4.72.